The van der Waals surface area contributed by atoms with Gasteiger partial charge in [-0.15, -0.1) is 23.1 Å². The second-order valence-electron chi connectivity index (χ2n) is 8.57. The normalized spacial score (nSPS) is 11.7. The van der Waals surface area contributed by atoms with Crippen LogP contribution in [0, 0.1) is 5.82 Å². The van der Waals surface area contributed by atoms with E-state index >= 15 is 0 Å². The van der Waals surface area contributed by atoms with E-state index in [1.807, 2.05) is 36.6 Å². The highest BCUT2D eigenvalue weighted by Gasteiger charge is 2.20. The van der Waals surface area contributed by atoms with Gasteiger partial charge in [0.05, 0.1) is 16.5 Å². The molecule has 38 heavy (non-hydrogen) atoms. The van der Waals surface area contributed by atoms with Crippen LogP contribution in [0.25, 0.3) is 22.0 Å². The second kappa shape index (κ2) is 11.6. The molecule has 5 aromatic rings. The number of thiazole rings is 1. The predicted octanol–water partition coefficient (Wildman–Crippen LogP) is 7.86. The molecule has 2 N–H and O–H groups in total. The maximum atomic E-state index is 14.0. The van der Waals surface area contributed by atoms with Gasteiger partial charge in [0.25, 0.3) is 5.91 Å². The van der Waals surface area contributed by atoms with Crippen LogP contribution in [0.2, 0.25) is 0 Å². The summed E-state index contributed by atoms with van der Waals surface area (Å²) >= 11 is 2.79. The number of anilines is 2. The topological polar surface area (TPSA) is 71.1 Å². The van der Waals surface area contributed by atoms with Gasteiger partial charge in [-0.05, 0) is 53.6 Å². The number of aromatic nitrogens is 1. The number of thioether (sulfide) groups is 1. The second-order valence-corrected chi connectivity index (χ2v) is 10.7. The third kappa shape index (κ3) is 5.93. The molecule has 0 spiro atoms. The first-order chi connectivity index (χ1) is 18.5. The van der Waals surface area contributed by atoms with Crippen LogP contribution in [0.5, 0.6) is 0 Å². The SMILES string of the molecule is CCC(Sc1cccc(NC(=O)c2ccccc2F)c1)C(=O)Nc1nc(-c2ccc3ccccc3c2)cs1. The highest BCUT2D eigenvalue weighted by Crippen LogP contribution is 2.31. The summed E-state index contributed by atoms with van der Waals surface area (Å²) in [5.41, 5.74) is 2.31. The van der Waals surface area contributed by atoms with Crippen molar-refractivity contribution < 1.29 is 14.0 Å². The first kappa shape index (κ1) is 25.6. The van der Waals surface area contributed by atoms with Gasteiger partial charge in [0, 0.05) is 21.5 Å². The van der Waals surface area contributed by atoms with E-state index in [2.05, 4.69) is 39.9 Å². The fourth-order valence-corrected chi connectivity index (χ4v) is 5.71. The zero-order chi connectivity index (χ0) is 26.5. The lowest BCUT2D eigenvalue weighted by Crippen LogP contribution is -2.24. The Bertz CT molecular complexity index is 1620. The van der Waals surface area contributed by atoms with Crippen molar-refractivity contribution in [2.75, 3.05) is 10.6 Å². The molecule has 1 atom stereocenters. The molecule has 0 aliphatic heterocycles. The quantitative estimate of drug-likeness (QED) is 0.196. The van der Waals surface area contributed by atoms with Gasteiger partial charge >= 0.3 is 0 Å². The van der Waals surface area contributed by atoms with E-state index in [1.54, 1.807) is 24.3 Å². The number of hydrogen-bond acceptors (Lipinski definition) is 5. The number of carbonyl (C=O) groups is 2. The summed E-state index contributed by atoms with van der Waals surface area (Å²) in [4.78, 5) is 31.0. The standard InChI is InChI=1S/C30H24FN3O2S2/c1-2-27(38-23-11-7-10-22(17-23)32-28(35)24-12-5-6-13-25(24)31)29(36)34-30-33-26(18-37-30)21-15-14-19-8-3-4-9-20(19)16-21/h3-18,27H,2H2,1H3,(H,32,35)(H,33,34,36). The fraction of sp³-hybridized carbons (Fsp3) is 0.100. The van der Waals surface area contributed by atoms with Crippen molar-refractivity contribution in [3.05, 3.63) is 108 Å². The molecular formula is C30H24FN3O2S2. The predicted molar refractivity (Wildman–Crippen MR) is 154 cm³/mol. The van der Waals surface area contributed by atoms with Crippen molar-refractivity contribution in [1.82, 2.24) is 4.98 Å². The number of hydrogen-bond donors (Lipinski definition) is 2. The fourth-order valence-electron chi connectivity index (χ4n) is 3.98. The smallest absolute Gasteiger partial charge is 0.258 e. The van der Waals surface area contributed by atoms with Gasteiger partial charge in [-0.3, -0.25) is 9.59 Å². The van der Waals surface area contributed by atoms with Crippen LogP contribution < -0.4 is 10.6 Å². The van der Waals surface area contributed by atoms with Crippen LogP contribution >= 0.6 is 23.1 Å². The molecule has 0 aliphatic rings. The van der Waals surface area contributed by atoms with Gasteiger partial charge in [-0.25, -0.2) is 9.37 Å². The first-order valence-electron chi connectivity index (χ1n) is 12.1. The summed E-state index contributed by atoms with van der Waals surface area (Å²) < 4.78 is 14.0. The Balaban J connectivity index is 1.24. The van der Waals surface area contributed by atoms with Crippen LogP contribution in [0.15, 0.2) is 101 Å². The van der Waals surface area contributed by atoms with Crippen LogP contribution in [0.1, 0.15) is 23.7 Å². The van der Waals surface area contributed by atoms with Crippen LogP contribution in [0.3, 0.4) is 0 Å². The van der Waals surface area contributed by atoms with Crippen molar-refractivity contribution in [3.8, 4) is 11.3 Å². The van der Waals surface area contributed by atoms with Gasteiger partial charge < -0.3 is 10.6 Å². The molecule has 0 fully saturated rings. The summed E-state index contributed by atoms with van der Waals surface area (Å²) in [6, 6.07) is 27.4. The Labute approximate surface area is 228 Å². The van der Waals surface area contributed by atoms with E-state index in [-0.39, 0.29) is 16.7 Å². The van der Waals surface area contributed by atoms with E-state index in [9.17, 15) is 14.0 Å². The van der Waals surface area contributed by atoms with E-state index < -0.39 is 11.7 Å². The van der Waals surface area contributed by atoms with E-state index in [0.29, 0.717) is 17.2 Å². The Morgan fingerprint density at radius 2 is 1.71 bits per heavy atom. The highest BCUT2D eigenvalue weighted by molar-refractivity contribution is 8.00. The highest BCUT2D eigenvalue weighted by atomic mass is 32.2. The van der Waals surface area contributed by atoms with Crippen LogP contribution in [0.4, 0.5) is 15.2 Å². The molecular weight excluding hydrogens is 517 g/mol. The molecule has 1 aromatic heterocycles. The van der Waals surface area contributed by atoms with E-state index in [1.165, 1.54) is 46.7 Å². The number of nitrogens with zero attached hydrogens (tertiary/aromatic N) is 1. The minimum atomic E-state index is -0.579. The molecule has 1 heterocycles. The van der Waals surface area contributed by atoms with Gasteiger partial charge in [0.15, 0.2) is 5.13 Å². The molecule has 4 aromatic carbocycles. The zero-order valence-corrected chi connectivity index (χ0v) is 22.1. The third-order valence-corrected chi connectivity index (χ3v) is 8.05. The molecule has 2 amide bonds. The molecule has 5 nitrogen and oxygen atoms in total. The largest absolute Gasteiger partial charge is 0.322 e. The maximum Gasteiger partial charge on any atom is 0.258 e. The van der Waals surface area contributed by atoms with E-state index in [0.717, 1.165) is 21.5 Å². The lowest BCUT2D eigenvalue weighted by atomic mass is 10.1. The van der Waals surface area contributed by atoms with Gasteiger partial charge in [-0.1, -0.05) is 61.5 Å². The summed E-state index contributed by atoms with van der Waals surface area (Å²) in [5.74, 6) is -1.25. The summed E-state index contributed by atoms with van der Waals surface area (Å²) in [7, 11) is 0. The van der Waals surface area contributed by atoms with E-state index in [4.69, 9.17) is 0 Å². The van der Waals surface area contributed by atoms with Crippen molar-refractivity contribution in [2.24, 2.45) is 0 Å². The first-order valence-corrected chi connectivity index (χ1v) is 13.8. The summed E-state index contributed by atoms with van der Waals surface area (Å²) in [5, 5.41) is 10.1. The Morgan fingerprint density at radius 1 is 0.921 bits per heavy atom. The number of fused-ring (bicyclic) bond motifs is 1. The molecule has 1 unspecified atom stereocenters. The molecule has 0 radical (unpaired) electrons. The van der Waals surface area contributed by atoms with Crippen LogP contribution in [-0.4, -0.2) is 22.0 Å². The summed E-state index contributed by atoms with van der Waals surface area (Å²) in [6.07, 6.45) is 0.602. The number of amides is 2. The van der Waals surface area contributed by atoms with Gasteiger partial charge in [0.2, 0.25) is 5.91 Å². The molecule has 8 heteroatoms. The van der Waals surface area contributed by atoms with Gasteiger partial charge in [0.1, 0.15) is 5.82 Å². The third-order valence-electron chi connectivity index (χ3n) is 5.93. The average molecular weight is 542 g/mol. The number of carbonyl (C=O) groups excluding carboxylic acids is 2. The Kier molecular flexibility index (Phi) is 7.81. The van der Waals surface area contributed by atoms with Gasteiger partial charge in [-0.2, -0.15) is 0 Å². The minimum absolute atomic E-state index is 0.0251. The van der Waals surface area contributed by atoms with Crippen molar-refractivity contribution in [1.29, 1.82) is 0 Å². The summed E-state index contributed by atoms with van der Waals surface area (Å²) in [6.45, 7) is 1.95. The van der Waals surface area contributed by atoms with Crippen LogP contribution in [-0.2, 0) is 4.79 Å². The minimum Gasteiger partial charge on any atom is -0.322 e. The lowest BCUT2D eigenvalue weighted by molar-refractivity contribution is -0.115. The maximum absolute atomic E-state index is 14.0. The molecule has 0 bridgehead atoms. The number of halogens is 1. The zero-order valence-electron chi connectivity index (χ0n) is 20.5. The van der Waals surface area contributed by atoms with Crippen molar-refractivity contribution >= 4 is 56.5 Å². The molecule has 0 saturated heterocycles. The molecule has 0 saturated carbocycles. The number of benzene rings is 4. The Hall–Kier alpha value is -4.01. The Morgan fingerprint density at radius 3 is 2.53 bits per heavy atom. The van der Waals surface area contributed by atoms with Crippen molar-refractivity contribution in [2.45, 2.75) is 23.5 Å². The molecule has 190 valence electrons. The molecule has 0 aliphatic carbocycles. The average Bonchev–Trinajstić information content (AvgIpc) is 3.40. The lowest BCUT2D eigenvalue weighted by Gasteiger charge is -2.14. The monoisotopic (exact) mass is 541 g/mol. The number of rotatable bonds is 8. The molecule has 5 rings (SSSR count). The van der Waals surface area contributed by atoms with Crippen molar-refractivity contribution in [3.63, 3.8) is 0 Å². The number of nitrogens with one attached hydrogen (secondary N) is 2.